The minimum Gasteiger partial charge on any atom is -0.307 e. The third-order valence-corrected chi connectivity index (χ3v) is 5.05. The summed E-state index contributed by atoms with van der Waals surface area (Å²) in [5.41, 5.74) is 3.56. The number of aromatic nitrogens is 1. The third-order valence-electron chi connectivity index (χ3n) is 3.74. The predicted octanol–water partition coefficient (Wildman–Crippen LogP) is 6.31. The molecule has 0 fully saturated rings. The van der Waals surface area contributed by atoms with E-state index >= 15 is 0 Å². The van der Waals surface area contributed by atoms with E-state index in [-0.39, 0.29) is 0 Å². The largest absolute Gasteiger partial charge is 0.307 e. The van der Waals surface area contributed by atoms with Crippen molar-refractivity contribution in [1.29, 1.82) is 0 Å². The molecule has 0 atom stereocenters. The lowest BCUT2D eigenvalue weighted by atomic mass is 10.2. The summed E-state index contributed by atoms with van der Waals surface area (Å²) in [5.74, 6) is 0. The molecule has 3 aromatic carbocycles. The van der Waals surface area contributed by atoms with Gasteiger partial charge in [-0.1, -0.05) is 42.5 Å². The molecule has 0 aliphatic heterocycles. The van der Waals surface area contributed by atoms with E-state index in [0.717, 1.165) is 14.6 Å². The summed E-state index contributed by atoms with van der Waals surface area (Å²) in [5, 5.41) is 2.53. The van der Waals surface area contributed by atoms with Gasteiger partial charge in [0, 0.05) is 19.7 Å². The molecule has 0 aliphatic rings. The molecule has 0 aliphatic carbocycles. The van der Waals surface area contributed by atoms with Crippen LogP contribution in [-0.4, -0.2) is 4.57 Å². The fourth-order valence-electron chi connectivity index (χ4n) is 2.86. The van der Waals surface area contributed by atoms with Crippen molar-refractivity contribution in [2.75, 3.05) is 0 Å². The molecule has 21 heavy (non-hydrogen) atoms. The summed E-state index contributed by atoms with van der Waals surface area (Å²) >= 11 is 7.39. The topological polar surface area (TPSA) is 4.93 Å². The first kappa shape index (κ1) is 13.1. The van der Waals surface area contributed by atoms with Crippen molar-refractivity contribution in [2.45, 2.75) is 0 Å². The van der Waals surface area contributed by atoms with Gasteiger partial charge in [-0.05, 0) is 56.1 Å². The molecule has 0 saturated heterocycles. The van der Waals surface area contributed by atoms with Crippen LogP contribution in [0.25, 0.3) is 27.5 Å². The third kappa shape index (κ3) is 1.95. The molecule has 0 saturated carbocycles. The fourth-order valence-corrected chi connectivity index (χ4v) is 3.87. The summed E-state index contributed by atoms with van der Waals surface area (Å²) in [6.45, 7) is 0. The predicted molar refractivity (Wildman–Crippen MR) is 96.2 cm³/mol. The average molecular weight is 401 g/mol. The second-order valence-corrected chi connectivity index (χ2v) is 6.65. The van der Waals surface area contributed by atoms with E-state index in [9.17, 15) is 0 Å². The van der Waals surface area contributed by atoms with Gasteiger partial charge < -0.3 is 4.57 Å². The van der Waals surface area contributed by atoms with Gasteiger partial charge >= 0.3 is 0 Å². The van der Waals surface area contributed by atoms with Crippen LogP contribution in [0.2, 0.25) is 0 Å². The average Bonchev–Trinajstić information content (AvgIpc) is 2.84. The Bertz CT molecular complexity index is 969. The monoisotopic (exact) mass is 399 g/mol. The van der Waals surface area contributed by atoms with Crippen LogP contribution in [0.4, 0.5) is 0 Å². The van der Waals surface area contributed by atoms with Crippen LogP contribution in [0.15, 0.2) is 75.7 Å². The Morgan fingerprint density at radius 3 is 2.14 bits per heavy atom. The maximum absolute atomic E-state index is 3.71. The number of hydrogen-bond acceptors (Lipinski definition) is 0. The Morgan fingerprint density at radius 2 is 1.29 bits per heavy atom. The summed E-state index contributed by atoms with van der Waals surface area (Å²) in [6, 6.07) is 23.2. The second kappa shape index (κ2) is 5.00. The highest BCUT2D eigenvalue weighted by Gasteiger charge is 2.15. The molecule has 102 valence electrons. The first-order valence-electron chi connectivity index (χ1n) is 6.70. The van der Waals surface area contributed by atoms with Crippen molar-refractivity contribution >= 4 is 53.7 Å². The van der Waals surface area contributed by atoms with Crippen molar-refractivity contribution < 1.29 is 0 Å². The highest BCUT2D eigenvalue weighted by atomic mass is 79.9. The minimum atomic E-state index is 1.09. The first-order chi connectivity index (χ1) is 10.3. The van der Waals surface area contributed by atoms with Gasteiger partial charge in [-0.25, -0.2) is 0 Å². The summed E-state index contributed by atoms with van der Waals surface area (Å²) in [7, 11) is 0. The van der Waals surface area contributed by atoms with Crippen LogP contribution in [0.5, 0.6) is 0 Å². The lowest BCUT2D eigenvalue weighted by molar-refractivity contribution is 1.16. The van der Waals surface area contributed by atoms with Gasteiger partial charge in [0.25, 0.3) is 0 Å². The fraction of sp³-hybridized carbons (Fsp3) is 0. The normalized spacial score (nSPS) is 11.3. The Hall–Kier alpha value is -1.58. The van der Waals surface area contributed by atoms with Gasteiger partial charge in [-0.2, -0.15) is 0 Å². The van der Waals surface area contributed by atoms with Crippen molar-refractivity contribution in [3.63, 3.8) is 0 Å². The summed E-state index contributed by atoms with van der Waals surface area (Å²) in [6.07, 6.45) is 0. The van der Waals surface area contributed by atoms with E-state index in [0.29, 0.717) is 0 Å². The van der Waals surface area contributed by atoms with Gasteiger partial charge in [-0.3, -0.25) is 0 Å². The van der Waals surface area contributed by atoms with Crippen molar-refractivity contribution in [1.82, 2.24) is 4.57 Å². The number of hydrogen-bond donors (Lipinski definition) is 0. The number of nitrogens with zero attached hydrogens (tertiary/aromatic N) is 1. The van der Waals surface area contributed by atoms with Gasteiger partial charge in [0.1, 0.15) is 0 Å². The molecular formula is C18H11Br2N. The van der Waals surface area contributed by atoms with Crippen LogP contribution in [-0.2, 0) is 0 Å². The van der Waals surface area contributed by atoms with E-state index in [1.807, 2.05) is 6.07 Å². The maximum Gasteiger partial charge on any atom is 0.0683 e. The lowest BCUT2D eigenvalue weighted by Gasteiger charge is -2.10. The van der Waals surface area contributed by atoms with Gasteiger partial charge in [0.15, 0.2) is 0 Å². The first-order valence-corrected chi connectivity index (χ1v) is 8.28. The lowest BCUT2D eigenvalue weighted by Crippen LogP contribution is -1.95. The number of benzene rings is 3. The number of rotatable bonds is 1. The number of para-hydroxylation sites is 3. The van der Waals surface area contributed by atoms with Crippen LogP contribution in [0.1, 0.15) is 0 Å². The van der Waals surface area contributed by atoms with Crippen molar-refractivity contribution in [3.05, 3.63) is 75.7 Å². The molecule has 4 aromatic rings. The number of fused-ring (bicyclic) bond motifs is 3. The van der Waals surface area contributed by atoms with Crippen molar-refractivity contribution in [3.8, 4) is 5.69 Å². The molecular weight excluding hydrogens is 390 g/mol. The molecule has 4 rings (SSSR count). The zero-order chi connectivity index (χ0) is 14.4. The van der Waals surface area contributed by atoms with Crippen LogP contribution >= 0.6 is 31.9 Å². The Balaban J connectivity index is 2.28. The van der Waals surface area contributed by atoms with Crippen LogP contribution < -0.4 is 0 Å². The highest BCUT2D eigenvalue weighted by Crippen LogP contribution is 2.37. The molecule has 0 amide bonds. The molecule has 1 nitrogen and oxygen atoms in total. The van der Waals surface area contributed by atoms with E-state index in [2.05, 4.69) is 97.1 Å². The van der Waals surface area contributed by atoms with Crippen molar-refractivity contribution in [2.24, 2.45) is 0 Å². The summed E-state index contributed by atoms with van der Waals surface area (Å²) in [4.78, 5) is 0. The van der Waals surface area contributed by atoms with Crippen LogP contribution in [0, 0.1) is 0 Å². The SMILES string of the molecule is Brc1ccccc1-n1c2ccccc2c2cccc(Br)c21. The van der Waals surface area contributed by atoms with Gasteiger partial charge in [-0.15, -0.1) is 0 Å². The Labute approximate surface area is 139 Å². The standard InChI is InChI=1S/C18H11Br2N/c19-14-8-2-4-11-17(14)21-16-10-3-1-6-12(16)13-7-5-9-15(20)18(13)21/h1-11H. The smallest absolute Gasteiger partial charge is 0.0683 e. The van der Waals surface area contributed by atoms with E-state index < -0.39 is 0 Å². The molecule has 1 heterocycles. The molecule has 0 N–H and O–H groups in total. The van der Waals surface area contributed by atoms with Gasteiger partial charge in [0.05, 0.1) is 16.7 Å². The van der Waals surface area contributed by atoms with E-state index in [1.54, 1.807) is 0 Å². The zero-order valence-electron chi connectivity index (χ0n) is 11.1. The molecule has 0 unspecified atom stereocenters. The maximum atomic E-state index is 3.71. The molecule has 3 heteroatoms. The van der Waals surface area contributed by atoms with E-state index in [4.69, 9.17) is 0 Å². The number of halogens is 2. The zero-order valence-corrected chi connectivity index (χ0v) is 14.2. The minimum absolute atomic E-state index is 1.09. The molecule has 0 spiro atoms. The quantitative estimate of drug-likeness (QED) is 0.353. The van der Waals surface area contributed by atoms with Crippen LogP contribution in [0.3, 0.4) is 0 Å². The van der Waals surface area contributed by atoms with Gasteiger partial charge in [0.2, 0.25) is 0 Å². The second-order valence-electron chi connectivity index (χ2n) is 4.94. The van der Waals surface area contributed by atoms with E-state index in [1.165, 1.54) is 21.8 Å². The summed E-state index contributed by atoms with van der Waals surface area (Å²) < 4.78 is 4.49. The molecule has 0 bridgehead atoms. The molecule has 0 radical (unpaired) electrons. The Kier molecular flexibility index (Phi) is 3.12. The highest BCUT2D eigenvalue weighted by molar-refractivity contribution is 9.11. The Morgan fingerprint density at radius 1 is 0.619 bits per heavy atom. The molecule has 1 aromatic heterocycles.